The van der Waals surface area contributed by atoms with Crippen molar-refractivity contribution in [2.75, 3.05) is 7.05 Å². The van der Waals surface area contributed by atoms with E-state index in [4.69, 9.17) is 0 Å². The van der Waals surface area contributed by atoms with Crippen molar-refractivity contribution in [3.8, 4) is 66.8 Å². The third-order valence-electron chi connectivity index (χ3n) is 11.8. The Balaban J connectivity index is 1.29. The van der Waals surface area contributed by atoms with Gasteiger partial charge in [0.1, 0.15) is 0 Å². The van der Waals surface area contributed by atoms with Crippen LogP contribution in [0.2, 0.25) is 0 Å². The molecule has 1 nitrogen and oxygen atoms in total. The molecule has 284 valence electrons. The molecule has 1 heteroatoms. The van der Waals surface area contributed by atoms with Crippen molar-refractivity contribution in [1.82, 2.24) is 5.32 Å². The second-order valence-electron chi connectivity index (χ2n) is 15.2. The zero-order chi connectivity index (χ0) is 39.9. The monoisotopic (exact) mass is 757 g/mol. The van der Waals surface area contributed by atoms with Gasteiger partial charge in [0.05, 0.1) is 5.54 Å². The van der Waals surface area contributed by atoms with E-state index in [-0.39, 0.29) is 5.54 Å². The van der Waals surface area contributed by atoms with Gasteiger partial charge in [-0.2, -0.15) is 0 Å². The first kappa shape index (κ1) is 37.5. The Morgan fingerprint density at radius 3 is 1.10 bits per heavy atom. The first-order valence-electron chi connectivity index (χ1n) is 20.6. The quantitative estimate of drug-likeness (QED) is 0.131. The van der Waals surface area contributed by atoms with Gasteiger partial charge in [0.2, 0.25) is 0 Å². The smallest absolute Gasteiger partial charge is 0.0691 e. The van der Waals surface area contributed by atoms with Crippen LogP contribution in [0.1, 0.15) is 23.1 Å². The Morgan fingerprint density at radius 2 is 0.661 bits per heavy atom. The minimum atomic E-state index is -0.381. The number of benzene rings is 9. The zero-order valence-electron chi connectivity index (χ0n) is 33.4. The average Bonchev–Trinajstić information content (AvgIpc) is 3.33. The topological polar surface area (TPSA) is 12.0 Å². The largest absolute Gasteiger partial charge is 0.307 e. The molecule has 1 N–H and O–H groups in total. The second kappa shape index (κ2) is 17.2. The maximum absolute atomic E-state index is 3.82. The molecule has 9 rings (SSSR count). The Hall–Kier alpha value is -7.06. The van der Waals surface area contributed by atoms with E-state index < -0.39 is 0 Å². The maximum Gasteiger partial charge on any atom is 0.0691 e. The molecule has 59 heavy (non-hydrogen) atoms. The predicted molar refractivity (Wildman–Crippen MR) is 250 cm³/mol. The molecular formula is C58H47N. The van der Waals surface area contributed by atoms with Crippen LogP contribution in [0.4, 0.5) is 0 Å². The van der Waals surface area contributed by atoms with Gasteiger partial charge in [0.15, 0.2) is 0 Å². The molecule has 0 spiro atoms. The van der Waals surface area contributed by atoms with Crippen LogP contribution in [0.25, 0.3) is 66.8 Å². The normalized spacial score (nSPS) is 11.3. The molecule has 0 atom stereocenters. The van der Waals surface area contributed by atoms with E-state index in [1.54, 1.807) is 0 Å². The molecule has 0 heterocycles. The third-order valence-corrected chi connectivity index (χ3v) is 11.8. The lowest BCUT2D eigenvalue weighted by molar-refractivity contribution is 0.405. The van der Waals surface area contributed by atoms with E-state index in [0.717, 1.165) is 12.8 Å². The SMILES string of the molecule is CNC(CCc1cc(-c2ccccc2-c2ccccc2)cc(-c2ccc(-c3ccccc3)c(-c3ccccc3)c2-c2ccccc2)c1)(c1ccccc1)c1ccccc1. The minimum Gasteiger partial charge on any atom is -0.307 e. The maximum atomic E-state index is 3.82. The molecule has 0 bridgehead atoms. The van der Waals surface area contributed by atoms with Gasteiger partial charge in [-0.1, -0.05) is 231 Å². The van der Waals surface area contributed by atoms with E-state index in [9.17, 15) is 0 Å². The average molecular weight is 758 g/mol. The second-order valence-corrected chi connectivity index (χ2v) is 15.2. The summed E-state index contributed by atoms with van der Waals surface area (Å²) < 4.78 is 0. The highest BCUT2D eigenvalue weighted by atomic mass is 14.9. The number of rotatable bonds is 12. The molecule has 0 unspecified atom stereocenters. The van der Waals surface area contributed by atoms with E-state index in [1.807, 2.05) is 0 Å². The Kier molecular flexibility index (Phi) is 10.9. The molecule has 0 fully saturated rings. The fourth-order valence-electron chi connectivity index (χ4n) is 8.91. The molecule has 0 saturated carbocycles. The molecular weight excluding hydrogens is 711 g/mol. The molecule has 0 saturated heterocycles. The van der Waals surface area contributed by atoms with Crippen molar-refractivity contribution < 1.29 is 0 Å². The highest BCUT2D eigenvalue weighted by molar-refractivity contribution is 6.02. The van der Waals surface area contributed by atoms with Gasteiger partial charge in [-0.05, 0) is 109 Å². The summed E-state index contributed by atoms with van der Waals surface area (Å²) in [6, 6.07) is 86.1. The minimum absolute atomic E-state index is 0.381. The van der Waals surface area contributed by atoms with Gasteiger partial charge in [0, 0.05) is 0 Å². The van der Waals surface area contributed by atoms with E-state index >= 15 is 0 Å². The summed E-state index contributed by atoms with van der Waals surface area (Å²) in [6.07, 6.45) is 1.72. The van der Waals surface area contributed by atoms with Crippen LogP contribution in [0.15, 0.2) is 237 Å². The number of hydrogen-bond acceptors (Lipinski definition) is 1. The van der Waals surface area contributed by atoms with Crippen LogP contribution >= 0.6 is 0 Å². The van der Waals surface area contributed by atoms with Crippen molar-refractivity contribution in [1.29, 1.82) is 0 Å². The summed E-state index contributed by atoms with van der Waals surface area (Å²) in [4.78, 5) is 0. The summed E-state index contributed by atoms with van der Waals surface area (Å²) in [5, 5.41) is 3.82. The third kappa shape index (κ3) is 7.69. The van der Waals surface area contributed by atoms with Gasteiger partial charge in [-0.3, -0.25) is 0 Å². The summed E-state index contributed by atoms with van der Waals surface area (Å²) in [5.74, 6) is 0. The molecule has 9 aromatic rings. The molecule has 9 aromatic carbocycles. The van der Waals surface area contributed by atoms with Gasteiger partial charge < -0.3 is 5.32 Å². The van der Waals surface area contributed by atoms with Crippen LogP contribution in [0.5, 0.6) is 0 Å². The van der Waals surface area contributed by atoms with E-state index in [1.165, 1.54) is 83.5 Å². The van der Waals surface area contributed by atoms with Gasteiger partial charge in [0.25, 0.3) is 0 Å². The molecule has 0 aliphatic rings. The van der Waals surface area contributed by atoms with Crippen LogP contribution in [0, 0.1) is 0 Å². The van der Waals surface area contributed by atoms with Crippen molar-refractivity contribution in [2.45, 2.75) is 18.4 Å². The molecule has 0 aliphatic heterocycles. The standard InChI is InChI=1S/C58H47N/c1-59-58(50-30-16-6-17-31-50,51-32-18-7-19-33-51)39-38-43-40-48(53-35-21-20-34-52(53)44-22-8-2-9-23-44)42-49(41-43)55-37-36-54(45-24-10-3-11-25-45)56(46-26-12-4-13-27-46)57(55)47-28-14-5-15-29-47/h2-37,40-42,59H,38-39H2,1H3. The number of nitrogens with one attached hydrogen (secondary N) is 1. The van der Waals surface area contributed by atoms with E-state index in [0.29, 0.717) is 0 Å². The zero-order valence-corrected chi connectivity index (χ0v) is 33.4. The van der Waals surface area contributed by atoms with Crippen LogP contribution in [-0.2, 0) is 12.0 Å². The lowest BCUT2D eigenvalue weighted by Crippen LogP contribution is -2.41. The van der Waals surface area contributed by atoms with Crippen molar-refractivity contribution >= 4 is 0 Å². The Bertz CT molecular complexity index is 2720. The summed E-state index contributed by atoms with van der Waals surface area (Å²) in [7, 11) is 2.10. The van der Waals surface area contributed by atoms with E-state index in [2.05, 4.69) is 249 Å². The fraction of sp³-hybridized carbons (Fsp3) is 0.0690. The van der Waals surface area contributed by atoms with Crippen LogP contribution < -0.4 is 5.32 Å². The van der Waals surface area contributed by atoms with Gasteiger partial charge >= 0.3 is 0 Å². The summed E-state index contributed by atoms with van der Waals surface area (Å²) in [6.45, 7) is 0. The first-order chi connectivity index (χ1) is 29.2. The Morgan fingerprint density at radius 1 is 0.322 bits per heavy atom. The number of aryl methyl sites for hydroxylation is 1. The highest BCUT2D eigenvalue weighted by Gasteiger charge is 2.32. The van der Waals surface area contributed by atoms with Gasteiger partial charge in [-0.25, -0.2) is 0 Å². The molecule has 0 aliphatic carbocycles. The predicted octanol–water partition coefficient (Wildman–Crippen LogP) is 14.8. The fourth-order valence-corrected chi connectivity index (χ4v) is 8.91. The Labute approximate surface area is 349 Å². The summed E-state index contributed by atoms with van der Waals surface area (Å²) in [5.41, 5.74) is 18.0. The molecule has 0 amide bonds. The highest BCUT2D eigenvalue weighted by Crippen LogP contribution is 2.47. The molecule has 0 radical (unpaired) electrons. The molecule has 0 aromatic heterocycles. The first-order valence-corrected chi connectivity index (χ1v) is 20.6. The summed E-state index contributed by atoms with van der Waals surface area (Å²) >= 11 is 0. The lowest BCUT2D eigenvalue weighted by Gasteiger charge is -2.35. The van der Waals surface area contributed by atoms with Crippen molar-refractivity contribution in [3.05, 3.63) is 253 Å². The van der Waals surface area contributed by atoms with Crippen LogP contribution in [-0.4, -0.2) is 7.05 Å². The lowest BCUT2D eigenvalue weighted by atomic mass is 9.78. The van der Waals surface area contributed by atoms with Gasteiger partial charge in [-0.15, -0.1) is 0 Å². The van der Waals surface area contributed by atoms with Crippen molar-refractivity contribution in [3.63, 3.8) is 0 Å². The number of hydrogen-bond donors (Lipinski definition) is 1. The van der Waals surface area contributed by atoms with Crippen LogP contribution in [0.3, 0.4) is 0 Å². The van der Waals surface area contributed by atoms with Crippen molar-refractivity contribution in [2.24, 2.45) is 0 Å².